The van der Waals surface area contributed by atoms with Gasteiger partial charge in [-0.2, -0.15) is 0 Å². The Balaban J connectivity index is 1.94. The molecule has 0 radical (unpaired) electrons. The lowest BCUT2D eigenvalue weighted by atomic mass is 9.99. The highest BCUT2D eigenvalue weighted by Gasteiger charge is 2.14. The first-order valence-electron chi connectivity index (χ1n) is 6.99. The predicted molar refractivity (Wildman–Crippen MR) is 80.8 cm³/mol. The summed E-state index contributed by atoms with van der Waals surface area (Å²) in [5, 5.41) is 0. The van der Waals surface area contributed by atoms with Gasteiger partial charge in [-0.25, -0.2) is 0 Å². The van der Waals surface area contributed by atoms with Crippen LogP contribution in [0, 0.1) is 0 Å². The zero-order chi connectivity index (χ0) is 13.1. The molecule has 1 aliphatic heterocycles. The van der Waals surface area contributed by atoms with Crippen LogP contribution in [-0.2, 0) is 6.54 Å². The number of nitrogen functional groups attached to an aromatic ring is 1. The zero-order valence-corrected chi connectivity index (χ0v) is 11.2. The van der Waals surface area contributed by atoms with Gasteiger partial charge < -0.3 is 5.73 Å². The predicted octanol–water partition coefficient (Wildman–Crippen LogP) is 3.53. The van der Waals surface area contributed by atoms with E-state index in [1.807, 2.05) is 6.07 Å². The molecule has 2 heteroatoms. The van der Waals surface area contributed by atoms with Crippen molar-refractivity contribution in [3.63, 3.8) is 0 Å². The maximum Gasteiger partial charge on any atom is 0.0317 e. The second-order valence-electron chi connectivity index (χ2n) is 5.27. The average Bonchev–Trinajstić information content (AvgIpc) is 2.93. The molecule has 98 valence electrons. The fourth-order valence-corrected chi connectivity index (χ4v) is 2.83. The van der Waals surface area contributed by atoms with E-state index in [1.165, 1.54) is 42.6 Å². The van der Waals surface area contributed by atoms with Crippen LogP contribution in [0.1, 0.15) is 18.4 Å². The molecular weight excluding hydrogens is 232 g/mol. The van der Waals surface area contributed by atoms with Gasteiger partial charge in [0.15, 0.2) is 0 Å². The van der Waals surface area contributed by atoms with E-state index in [-0.39, 0.29) is 0 Å². The molecule has 2 aromatic rings. The minimum Gasteiger partial charge on any atom is -0.399 e. The Morgan fingerprint density at radius 1 is 0.947 bits per heavy atom. The molecule has 0 bridgehead atoms. The van der Waals surface area contributed by atoms with Gasteiger partial charge in [-0.1, -0.05) is 36.4 Å². The Hall–Kier alpha value is -1.80. The lowest BCUT2D eigenvalue weighted by Crippen LogP contribution is -2.18. The monoisotopic (exact) mass is 252 g/mol. The van der Waals surface area contributed by atoms with Gasteiger partial charge in [0, 0.05) is 12.2 Å². The normalized spacial score (nSPS) is 15.8. The molecule has 0 amide bonds. The van der Waals surface area contributed by atoms with E-state index in [0.717, 1.165) is 12.2 Å². The van der Waals surface area contributed by atoms with Crippen LogP contribution in [0.3, 0.4) is 0 Å². The minimum absolute atomic E-state index is 0.855. The highest BCUT2D eigenvalue weighted by Crippen LogP contribution is 2.27. The third kappa shape index (κ3) is 2.79. The van der Waals surface area contributed by atoms with E-state index < -0.39 is 0 Å². The number of nitrogens with two attached hydrogens (primary N) is 1. The number of hydrogen-bond acceptors (Lipinski definition) is 2. The van der Waals surface area contributed by atoms with Gasteiger partial charge in [-0.05, 0) is 54.8 Å². The van der Waals surface area contributed by atoms with Gasteiger partial charge >= 0.3 is 0 Å². The topological polar surface area (TPSA) is 29.3 Å². The number of hydrogen-bond donors (Lipinski definition) is 1. The summed E-state index contributed by atoms with van der Waals surface area (Å²) in [6.07, 6.45) is 2.64. The minimum atomic E-state index is 0.855. The van der Waals surface area contributed by atoms with Gasteiger partial charge in [0.2, 0.25) is 0 Å². The second kappa shape index (κ2) is 5.45. The van der Waals surface area contributed by atoms with E-state index in [4.69, 9.17) is 5.73 Å². The molecular formula is C17H20N2. The maximum absolute atomic E-state index is 5.96. The smallest absolute Gasteiger partial charge is 0.0317 e. The van der Waals surface area contributed by atoms with E-state index in [2.05, 4.69) is 47.4 Å². The molecule has 19 heavy (non-hydrogen) atoms. The lowest BCUT2D eigenvalue weighted by Gasteiger charge is -2.18. The average molecular weight is 252 g/mol. The van der Waals surface area contributed by atoms with Gasteiger partial charge in [0.25, 0.3) is 0 Å². The molecule has 1 saturated heterocycles. The van der Waals surface area contributed by atoms with Crippen molar-refractivity contribution < 1.29 is 0 Å². The molecule has 1 fully saturated rings. The first-order valence-corrected chi connectivity index (χ1v) is 6.99. The fourth-order valence-electron chi connectivity index (χ4n) is 2.83. The third-order valence-electron chi connectivity index (χ3n) is 3.81. The van der Waals surface area contributed by atoms with Gasteiger partial charge in [-0.3, -0.25) is 4.90 Å². The van der Waals surface area contributed by atoms with Crippen molar-refractivity contribution in [2.75, 3.05) is 18.8 Å². The molecule has 2 nitrogen and oxygen atoms in total. The SMILES string of the molecule is Nc1ccc(-c2ccccc2)c(CN2CCCC2)c1. The lowest BCUT2D eigenvalue weighted by molar-refractivity contribution is 0.332. The summed E-state index contributed by atoms with van der Waals surface area (Å²) >= 11 is 0. The standard InChI is InChI=1S/C17H20N2/c18-16-8-9-17(14-6-2-1-3-7-14)15(12-16)13-19-10-4-5-11-19/h1-3,6-9,12H,4-5,10-11,13,18H2. The van der Waals surface area contributed by atoms with Crippen LogP contribution in [0.5, 0.6) is 0 Å². The maximum atomic E-state index is 5.96. The highest BCUT2D eigenvalue weighted by atomic mass is 15.1. The van der Waals surface area contributed by atoms with Crippen molar-refractivity contribution in [1.29, 1.82) is 0 Å². The van der Waals surface area contributed by atoms with Crippen molar-refractivity contribution >= 4 is 5.69 Å². The Morgan fingerprint density at radius 2 is 1.68 bits per heavy atom. The summed E-state index contributed by atoms with van der Waals surface area (Å²) in [4.78, 5) is 2.52. The quantitative estimate of drug-likeness (QED) is 0.847. The van der Waals surface area contributed by atoms with E-state index >= 15 is 0 Å². The molecule has 0 aliphatic carbocycles. The number of nitrogens with zero attached hydrogens (tertiary/aromatic N) is 1. The molecule has 3 rings (SSSR count). The van der Waals surface area contributed by atoms with Crippen LogP contribution >= 0.6 is 0 Å². The Kier molecular flexibility index (Phi) is 3.51. The molecule has 1 aliphatic rings. The summed E-state index contributed by atoms with van der Waals surface area (Å²) in [5.41, 5.74) is 10.7. The van der Waals surface area contributed by atoms with E-state index in [1.54, 1.807) is 0 Å². The largest absolute Gasteiger partial charge is 0.399 e. The van der Waals surface area contributed by atoms with Crippen molar-refractivity contribution in [2.24, 2.45) is 0 Å². The van der Waals surface area contributed by atoms with Crippen molar-refractivity contribution in [1.82, 2.24) is 4.90 Å². The first kappa shape index (κ1) is 12.2. The molecule has 0 unspecified atom stereocenters. The van der Waals surface area contributed by atoms with Crippen molar-refractivity contribution in [2.45, 2.75) is 19.4 Å². The van der Waals surface area contributed by atoms with Crippen LogP contribution in [0.2, 0.25) is 0 Å². The Morgan fingerprint density at radius 3 is 2.42 bits per heavy atom. The summed E-state index contributed by atoms with van der Waals surface area (Å²) in [7, 11) is 0. The summed E-state index contributed by atoms with van der Waals surface area (Å²) in [5.74, 6) is 0. The molecule has 2 aromatic carbocycles. The zero-order valence-electron chi connectivity index (χ0n) is 11.2. The summed E-state index contributed by atoms with van der Waals surface area (Å²) in [6.45, 7) is 3.43. The van der Waals surface area contributed by atoms with E-state index in [9.17, 15) is 0 Å². The number of rotatable bonds is 3. The van der Waals surface area contributed by atoms with Crippen LogP contribution < -0.4 is 5.73 Å². The van der Waals surface area contributed by atoms with Crippen LogP contribution in [0.25, 0.3) is 11.1 Å². The number of likely N-dealkylation sites (tertiary alicyclic amines) is 1. The number of benzene rings is 2. The van der Waals surface area contributed by atoms with Gasteiger partial charge in [-0.15, -0.1) is 0 Å². The molecule has 0 spiro atoms. The third-order valence-corrected chi connectivity index (χ3v) is 3.81. The fraction of sp³-hybridized carbons (Fsp3) is 0.294. The summed E-state index contributed by atoms with van der Waals surface area (Å²) < 4.78 is 0. The molecule has 2 N–H and O–H groups in total. The van der Waals surface area contributed by atoms with Crippen LogP contribution in [-0.4, -0.2) is 18.0 Å². The van der Waals surface area contributed by atoms with Gasteiger partial charge in [0.1, 0.15) is 0 Å². The molecule has 0 saturated carbocycles. The van der Waals surface area contributed by atoms with Crippen LogP contribution in [0.15, 0.2) is 48.5 Å². The number of anilines is 1. The van der Waals surface area contributed by atoms with Crippen molar-refractivity contribution in [3.05, 3.63) is 54.1 Å². The first-order chi connectivity index (χ1) is 9.33. The molecule has 0 aromatic heterocycles. The van der Waals surface area contributed by atoms with Gasteiger partial charge in [0.05, 0.1) is 0 Å². The molecule has 0 atom stereocenters. The Labute approximate surface area is 114 Å². The second-order valence-corrected chi connectivity index (χ2v) is 5.27. The van der Waals surface area contributed by atoms with Crippen molar-refractivity contribution in [3.8, 4) is 11.1 Å². The Bertz CT molecular complexity index is 542. The van der Waals surface area contributed by atoms with E-state index in [0.29, 0.717) is 0 Å². The summed E-state index contributed by atoms with van der Waals surface area (Å²) in [6, 6.07) is 16.8. The van der Waals surface area contributed by atoms with Crippen LogP contribution in [0.4, 0.5) is 5.69 Å². The molecule has 1 heterocycles. The highest BCUT2D eigenvalue weighted by molar-refractivity contribution is 5.69.